The Kier molecular flexibility index (Phi) is 4.11. The Balaban J connectivity index is 1.74. The van der Waals surface area contributed by atoms with Gasteiger partial charge in [0.25, 0.3) is 5.91 Å². The van der Waals surface area contributed by atoms with Gasteiger partial charge < -0.3 is 10.2 Å². The highest BCUT2D eigenvalue weighted by Gasteiger charge is 2.21. The molecule has 0 aliphatic carbocycles. The molecule has 1 N–H and O–H groups in total. The van der Waals surface area contributed by atoms with Gasteiger partial charge in [0.1, 0.15) is 0 Å². The van der Waals surface area contributed by atoms with Crippen molar-refractivity contribution in [2.45, 2.75) is 12.8 Å². The van der Waals surface area contributed by atoms with E-state index in [1.54, 1.807) is 47.4 Å². The zero-order valence-electron chi connectivity index (χ0n) is 11.9. The van der Waals surface area contributed by atoms with E-state index >= 15 is 0 Å². The molecule has 0 atom stereocenters. The number of rotatable bonds is 3. The topological polar surface area (TPSA) is 49.4 Å². The van der Waals surface area contributed by atoms with Crippen molar-refractivity contribution < 1.29 is 9.59 Å². The molecule has 22 heavy (non-hydrogen) atoms. The molecule has 2 aromatic rings. The number of amides is 2. The molecule has 1 aliphatic rings. The average molecular weight is 315 g/mol. The quantitative estimate of drug-likeness (QED) is 0.938. The first kappa shape index (κ1) is 14.6. The Hall–Kier alpha value is -2.33. The molecule has 1 heterocycles. The van der Waals surface area contributed by atoms with Crippen LogP contribution in [0.4, 0.5) is 11.4 Å². The van der Waals surface area contributed by atoms with E-state index in [0.29, 0.717) is 22.7 Å². The number of carbonyl (C=O) groups is 2. The van der Waals surface area contributed by atoms with E-state index in [9.17, 15) is 9.59 Å². The molecule has 0 saturated carbocycles. The van der Waals surface area contributed by atoms with Gasteiger partial charge in [0, 0.05) is 24.2 Å². The molecule has 2 amide bonds. The number of nitrogens with one attached hydrogen (secondary N) is 1. The smallest absolute Gasteiger partial charge is 0.255 e. The molecule has 0 unspecified atom stereocenters. The SMILES string of the molecule is O=C(Nc1ccccc1Cl)c1ccc(N2CCCC2=O)cc1. The largest absolute Gasteiger partial charge is 0.321 e. The van der Waals surface area contributed by atoms with Crippen LogP contribution in [0, 0.1) is 0 Å². The van der Waals surface area contributed by atoms with Gasteiger partial charge in [-0.25, -0.2) is 0 Å². The lowest BCUT2D eigenvalue weighted by Crippen LogP contribution is -2.23. The predicted molar refractivity (Wildman–Crippen MR) is 87.4 cm³/mol. The summed E-state index contributed by atoms with van der Waals surface area (Å²) < 4.78 is 0. The molecule has 1 aliphatic heterocycles. The molecule has 112 valence electrons. The second-order valence-electron chi connectivity index (χ2n) is 5.13. The molecular weight excluding hydrogens is 300 g/mol. The number of hydrogen-bond donors (Lipinski definition) is 1. The van der Waals surface area contributed by atoms with E-state index in [4.69, 9.17) is 11.6 Å². The third kappa shape index (κ3) is 2.97. The second-order valence-corrected chi connectivity index (χ2v) is 5.54. The summed E-state index contributed by atoms with van der Waals surface area (Å²) in [5.74, 6) is -0.0966. The van der Waals surface area contributed by atoms with Gasteiger partial charge in [-0.3, -0.25) is 9.59 Å². The van der Waals surface area contributed by atoms with E-state index in [-0.39, 0.29) is 11.8 Å². The van der Waals surface area contributed by atoms with Gasteiger partial charge in [-0.2, -0.15) is 0 Å². The number of nitrogens with zero attached hydrogens (tertiary/aromatic N) is 1. The molecule has 4 nitrogen and oxygen atoms in total. The number of benzene rings is 2. The lowest BCUT2D eigenvalue weighted by molar-refractivity contribution is -0.117. The van der Waals surface area contributed by atoms with E-state index < -0.39 is 0 Å². The second kappa shape index (κ2) is 6.20. The summed E-state index contributed by atoms with van der Waals surface area (Å²) in [5, 5.41) is 3.27. The summed E-state index contributed by atoms with van der Waals surface area (Å²) in [7, 11) is 0. The van der Waals surface area contributed by atoms with Crippen LogP contribution in [0.5, 0.6) is 0 Å². The maximum absolute atomic E-state index is 12.2. The minimum atomic E-state index is -0.229. The van der Waals surface area contributed by atoms with Crippen LogP contribution in [0.1, 0.15) is 23.2 Å². The monoisotopic (exact) mass is 314 g/mol. The highest BCUT2D eigenvalue weighted by molar-refractivity contribution is 6.33. The van der Waals surface area contributed by atoms with Gasteiger partial charge in [0.05, 0.1) is 10.7 Å². The Morgan fingerprint density at radius 3 is 2.45 bits per heavy atom. The van der Waals surface area contributed by atoms with Crippen LogP contribution < -0.4 is 10.2 Å². The molecule has 0 radical (unpaired) electrons. The normalized spacial score (nSPS) is 14.2. The van der Waals surface area contributed by atoms with Gasteiger partial charge in [-0.05, 0) is 42.8 Å². The minimum Gasteiger partial charge on any atom is -0.321 e. The Labute approximate surface area is 133 Å². The van der Waals surface area contributed by atoms with Gasteiger partial charge in [-0.1, -0.05) is 23.7 Å². The van der Waals surface area contributed by atoms with Crippen molar-refractivity contribution in [1.29, 1.82) is 0 Å². The highest BCUT2D eigenvalue weighted by atomic mass is 35.5. The number of hydrogen-bond acceptors (Lipinski definition) is 2. The fourth-order valence-electron chi connectivity index (χ4n) is 2.47. The van der Waals surface area contributed by atoms with E-state index in [1.807, 2.05) is 6.07 Å². The molecule has 1 fully saturated rings. The Morgan fingerprint density at radius 2 is 1.82 bits per heavy atom. The summed E-state index contributed by atoms with van der Waals surface area (Å²) in [4.78, 5) is 25.7. The Morgan fingerprint density at radius 1 is 1.09 bits per heavy atom. The van der Waals surface area contributed by atoms with Crippen molar-refractivity contribution in [1.82, 2.24) is 0 Å². The van der Waals surface area contributed by atoms with Crippen LogP contribution in [0.2, 0.25) is 5.02 Å². The van der Waals surface area contributed by atoms with Gasteiger partial charge >= 0.3 is 0 Å². The summed E-state index contributed by atoms with van der Waals surface area (Å²) in [6.45, 7) is 0.740. The van der Waals surface area contributed by atoms with Crippen molar-refractivity contribution in [3.05, 3.63) is 59.1 Å². The molecule has 2 aromatic carbocycles. The lowest BCUT2D eigenvalue weighted by atomic mass is 10.1. The standard InChI is InChI=1S/C17H15ClN2O2/c18-14-4-1-2-5-15(14)19-17(22)12-7-9-13(10-8-12)20-11-3-6-16(20)21/h1-2,4-5,7-10H,3,6,11H2,(H,19,22). The molecule has 0 bridgehead atoms. The molecular formula is C17H15ClN2O2. The zero-order chi connectivity index (χ0) is 15.5. The van der Waals surface area contributed by atoms with Crippen molar-refractivity contribution in [3.8, 4) is 0 Å². The summed E-state index contributed by atoms with van der Waals surface area (Å²) in [5.41, 5.74) is 1.93. The summed E-state index contributed by atoms with van der Waals surface area (Å²) in [6, 6.07) is 14.1. The van der Waals surface area contributed by atoms with Gasteiger partial charge in [0.15, 0.2) is 0 Å². The number of halogens is 1. The number of carbonyl (C=O) groups excluding carboxylic acids is 2. The first-order valence-electron chi connectivity index (χ1n) is 7.11. The zero-order valence-corrected chi connectivity index (χ0v) is 12.6. The van der Waals surface area contributed by atoms with Gasteiger partial charge in [-0.15, -0.1) is 0 Å². The van der Waals surface area contributed by atoms with E-state index in [0.717, 1.165) is 18.7 Å². The van der Waals surface area contributed by atoms with E-state index in [1.165, 1.54) is 0 Å². The lowest BCUT2D eigenvalue weighted by Gasteiger charge is -2.15. The molecule has 5 heteroatoms. The first-order valence-corrected chi connectivity index (χ1v) is 7.49. The fourth-order valence-corrected chi connectivity index (χ4v) is 2.65. The van der Waals surface area contributed by atoms with Crippen LogP contribution >= 0.6 is 11.6 Å². The van der Waals surface area contributed by atoms with Crippen molar-refractivity contribution in [2.75, 3.05) is 16.8 Å². The van der Waals surface area contributed by atoms with Crippen LogP contribution in [0.25, 0.3) is 0 Å². The highest BCUT2D eigenvalue weighted by Crippen LogP contribution is 2.23. The number of anilines is 2. The summed E-state index contributed by atoms with van der Waals surface area (Å²) in [6.07, 6.45) is 1.47. The van der Waals surface area contributed by atoms with Crippen molar-refractivity contribution in [2.24, 2.45) is 0 Å². The summed E-state index contributed by atoms with van der Waals surface area (Å²) >= 11 is 6.02. The minimum absolute atomic E-state index is 0.133. The first-order chi connectivity index (χ1) is 10.6. The third-order valence-electron chi connectivity index (χ3n) is 3.64. The number of para-hydroxylation sites is 1. The van der Waals surface area contributed by atoms with Crippen LogP contribution in [-0.4, -0.2) is 18.4 Å². The molecule has 0 spiro atoms. The van der Waals surface area contributed by atoms with Gasteiger partial charge in [0.2, 0.25) is 5.91 Å². The molecule has 3 rings (SSSR count). The fraction of sp³-hybridized carbons (Fsp3) is 0.176. The Bertz CT molecular complexity index is 713. The van der Waals surface area contributed by atoms with Crippen LogP contribution in [0.3, 0.4) is 0 Å². The maximum atomic E-state index is 12.2. The van der Waals surface area contributed by atoms with Crippen LogP contribution in [0.15, 0.2) is 48.5 Å². The van der Waals surface area contributed by atoms with Crippen LogP contribution in [-0.2, 0) is 4.79 Å². The molecule has 1 saturated heterocycles. The maximum Gasteiger partial charge on any atom is 0.255 e. The van der Waals surface area contributed by atoms with Crippen molar-refractivity contribution in [3.63, 3.8) is 0 Å². The molecule has 0 aromatic heterocycles. The van der Waals surface area contributed by atoms with Crippen molar-refractivity contribution >= 4 is 34.8 Å². The van der Waals surface area contributed by atoms with E-state index in [2.05, 4.69) is 5.32 Å². The average Bonchev–Trinajstić information content (AvgIpc) is 2.96. The predicted octanol–water partition coefficient (Wildman–Crippen LogP) is 3.72. The third-order valence-corrected chi connectivity index (χ3v) is 3.97.